The molecule has 0 unspecified atom stereocenters. The molecule has 9 nitrogen and oxygen atoms in total. The Kier molecular flexibility index (Phi) is 5.71. The van der Waals surface area contributed by atoms with Crippen LogP contribution in [0.25, 0.3) is 0 Å². The molecule has 0 bridgehead atoms. The highest BCUT2D eigenvalue weighted by molar-refractivity contribution is 5.99. The zero-order chi connectivity index (χ0) is 21.0. The molecule has 1 aliphatic rings. The number of alkyl halides is 3. The van der Waals surface area contributed by atoms with E-state index in [2.05, 4.69) is 15.6 Å². The van der Waals surface area contributed by atoms with Gasteiger partial charge in [0.05, 0.1) is 16.6 Å². The van der Waals surface area contributed by atoms with Gasteiger partial charge in [0.1, 0.15) is 24.6 Å². The van der Waals surface area contributed by atoms with Crippen molar-refractivity contribution in [2.45, 2.75) is 6.18 Å². The fraction of sp³-hybridized carbons (Fsp3) is 0.294. The number of pyridine rings is 1. The van der Waals surface area contributed by atoms with Crippen LogP contribution in [0.5, 0.6) is 11.5 Å². The maximum absolute atomic E-state index is 12.5. The van der Waals surface area contributed by atoms with Crippen LogP contribution < -0.4 is 20.1 Å². The lowest BCUT2D eigenvalue weighted by molar-refractivity contribution is -0.385. The molecule has 12 heteroatoms. The fourth-order valence-electron chi connectivity index (χ4n) is 2.54. The number of nitrogens with one attached hydrogen (secondary N) is 2. The van der Waals surface area contributed by atoms with Gasteiger partial charge in [0.2, 0.25) is 0 Å². The van der Waals surface area contributed by atoms with E-state index >= 15 is 0 Å². The van der Waals surface area contributed by atoms with Gasteiger partial charge in [0.15, 0.2) is 11.5 Å². The number of nitro groups is 1. The quantitative estimate of drug-likeness (QED) is 0.426. The highest BCUT2D eigenvalue weighted by Gasteiger charge is 2.30. The average Bonchev–Trinajstić information content (AvgIpc) is 2.69. The second-order valence-corrected chi connectivity index (χ2v) is 5.88. The number of nitrogens with zero attached hydrogens (tertiary/aromatic N) is 2. The summed E-state index contributed by atoms with van der Waals surface area (Å²) in [6, 6.07) is 4.42. The summed E-state index contributed by atoms with van der Waals surface area (Å²) < 4.78 is 48.1. The topological polar surface area (TPSA) is 116 Å². The number of hydrogen-bond acceptors (Lipinski definition) is 7. The first-order chi connectivity index (χ1) is 13.8. The van der Waals surface area contributed by atoms with E-state index in [1.165, 1.54) is 6.07 Å². The molecular weight excluding hydrogens is 397 g/mol. The van der Waals surface area contributed by atoms with E-state index in [0.29, 0.717) is 6.20 Å². The minimum atomic E-state index is -4.47. The number of anilines is 1. The molecule has 1 aliphatic heterocycles. The number of ether oxygens (including phenoxy) is 2. The van der Waals surface area contributed by atoms with Gasteiger partial charge in [-0.3, -0.25) is 14.9 Å². The zero-order valence-electron chi connectivity index (χ0n) is 14.8. The van der Waals surface area contributed by atoms with Crippen LogP contribution in [0, 0.1) is 10.1 Å². The Morgan fingerprint density at radius 3 is 2.45 bits per heavy atom. The Morgan fingerprint density at radius 1 is 1.17 bits per heavy atom. The molecule has 1 amide bonds. The van der Waals surface area contributed by atoms with Crippen LogP contribution in [0.2, 0.25) is 0 Å². The molecule has 1 aromatic heterocycles. The van der Waals surface area contributed by atoms with Gasteiger partial charge in [-0.1, -0.05) is 0 Å². The molecule has 0 aliphatic carbocycles. The van der Waals surface area contributed by atoms with Crippen LogP contribution in [0.3, 0.4) is 0 Å². The minimum Gasteiger partial charge on any atom is -0.486 e. The second-order valence-electron chi connectivity index (χ2n) is 5.88. The molecule has 2 N–H and O–H groups in total. The first-order valence-electron chi connectivity index (χ1n) is 8.39. The summed E-state index contributed by atoms with van der Waals surface area (Å²) in [5.74, 6) is -0.0814. The van der Waals surface area contributed by atoms with Gasteiger partial charge >= 0.3 is 6.18 Å². The van der Waals surface area contributed by atoms with Crippen molar-refractivity contribution in [3.8, 4) is 11.5 Å². The normalized spacial score (nSPS) is 12.9. The summed E-state index contributed by atoms with van der Waals surface area (Å²) in [5, 5.41) is 16.5. The molecule has 1 aromatic carbocycles. The third kappa shape index (κ3) is 4.83. The third-order valence-electron chi connectivity index (χ3n) is 3.91. The Hall–Kier alpha value is -3.57. The van der Waals surface area contributed by atoms with Crippen LogP contribution >= 0.6 is 0 Å². The van der Waals surface area contributed by atoms with Crippen molar-refractivity contribution in [2.75, 3.05) is 31.6 Å². The van der Waals surface area contributed by atoms with E-state index in [0.717, 1.165) is 18.2 Å². The molecule has 154 valence electrons. The van der Waals surface area contributed by atoms with Gasteiger partial charge in [-0.25, -0.2) is 4.98 Å². The molecule has 0 saturated carbocycles. The summed E-state index contributed by atoms with van der Waals surface area (Å²) in [4.78, 5) is 26.5. The van der Waals surface area contributed by atoms with Crippen LogP contribution in [-0.2, 0) is 6.18 Å². The monoisotopic (exact) mass is 412 g/mol. The smallest absolute Gasteiger partial charge is 0.417 e. The Morgan fingerprint density at radius 2 is 1.86 bits per heavy atom. The molecule has 0 spiro atoms. The van der Waals surface area contributed by atoms with E-state index in [9.17, 15) is 28.1 Å². The van der Waals surface area contributed by atoms with Crippen LogP contribution in [-0.4, -0.2) is 42.1 Å². The van der Waals surface area contributed by atoms with Crippen molar-refractivity contribution in [1.82, 2.24) is 10.3 Å². The van der Waals surface area contributed by atoms with E-state index < -0.39 is 28.3 Å². The maximum atomic E-state index is 12.5. The number of amides is 1. The van der Waals surface area contributed by atoms with Gasteiger partial charge in [-0.05, 0) is 12.1 Å². The first kappa shape index (κ1) is 20.2. The summed E-state index contributed by atoms with van der Waals surface area (Å²) in [6.45, 7) is 0.699. The van der Waals surface area contributed by atoms with E-state index in [1.54, 1.807) is 0 Å². The molecule has 0 saturated heterocycles. The molecule has 2 heterocycles. The Bertz CT molecular complexity index is 919. The SMILES string of the molecule is O=C(NCCNc1ccc(C(F)(F)F)cn1)c1cc2c(cc1[N+](=O)[O-])OCCO2. The minimum absolute atomic E-state index is 0.0487. The summed E-state index contributed by atoms with van der Waals surface area (Å²) >= 11 is 0. The van der Waals surface area contributed by atoms with Gasteiger partial charge in [-0.15, -0.1) is 0 Å². The average molecular weight is 412 g/mol. The molecular formula is C17H15F3N4O5. The van der Waals surface area contributed by atoms with Gasteiger partial charge < -0.3 is 20.1 Å². The van der Waals surface area contributed by atoms with Gasteiger partial charge in [0, 0.05) is 25.4 Å². The van der Waals surface area contributed by atoms with Crippen molar-refractivity contribution in [2.24, 2.45) is 0 Å². The molecule has 2 aromatic rings. The number of benzene rings is 1. The van der Waals surface area contributed by atoms with Crippen LogP contribution in [0.1, 0.15) is 15.9 Å². The Labute approximate surface area is 162 Å². The lowest BCUT2D eigenvalue weighted by Gasteiger charge is -2.18. The first-order valence-corrected chi connectivity index (χ1v) is 8.39. The van der Waals surface area contributed by atoms with E-state index in [1.807, 2.05) is 0 Å². The number of rotatable bonds is 6. The predicted molar refractivity (Wildman–Crippen MR) is 94.1 cm³/mol. The maximum Gasteiger partial charge on any atom is 0.417 e. The molecule has 3 rings (SSSR count). The highest BCUT2D eigenvalue weighted by Crippen LogP contribution is 2.36. The summed E-state index contributed by atoms with van der Waals surface area (Å²) in [5.41, 5.74) is -1.49. The van der Waals surface area contributed by atoms with Crippen molar-refractivity contribution >= 4 is 17.4 Å². The Balaban J connectivity index is 1.59. The van der Waals surface area contributed by atoms with Gasteiger partial charge in [-0.2, -0.15) is 13.2 Å². The van der Waals surface area contributed by atoms with Crippen LogP contribution in [0.15, 0.2) is 30.5 Å². The van der Waals surface area contributed by atoms with Crippen molar-refractivity contribution in [3.63, 3.8) is 0 Å². The number of fused-ring (bicyclic) bond motifs is 1. The number of halogens is 3. The lowest BCUT2D eigenvalue weighted by atomic mass is 10.1. The number of aromatic nitrogens is 1. The molecule has 0 fully saturated rings. The summed E-state index contributed by atoms with van der Waals surface area (Å²) in [6.07, 6.45) is -3.78. The number of nitro benzene ring substituents is 1. The standard InChI is InChI=1S/C17H15F3N4O5/c18-17(19,20)10-1-2-15(23-9-10)21-3-4-22-16(25)11-7-13-14(29-6-5-28-13)8-12(11)24(26)27/h1-2,7-9H,3-6H2,(H,21,23)(H,22,25). The number of carbonyl (C=O) groups is 1. The molecule has 0 atom stereocenters. The second kappa shape index (κ2) is 8.20. The number of hydrogen-bond donors (Lipinski definition) is 2. The van der Waals surface area contributed by atoms with Crippen molar-refractivity contribution in [1.29, 1.82) is 0 Å². The largest absolute Gasteiger partial charge is 0.486 e. The van der Waals surface area contributed by atoms with Crippen LogP contribution in [0.4, 0.5) is 24.7 Å². The highest BCUT2D eigenvalue weighted by atomic mass is 19.4. The van der Waals surface area contributed by atoms with Crippen molar-refractivity contribution in [3.05, 3.63) is 51.7 Å². The predicted octanol–water partition coefficient (Wildman–Crippen LogP) is 2.62. The zero-order valence-corrected chi connectivity index (χ0v) is 14.8. The lowest BCUT2D eigenvalue weighted by Crippen LogP contribution is -2.29. The molecule has 29 heavy (non-hydrogen) atoms. The fourth-order valence-corrected chi connectivity index (χ4v) is 2.54. The van der Waals surface area contributed by atoms with Gasteiger partial charge in [0.25, 0.3) is 11.6 Å². The third-order valence-corrected chi connectivity index (χ3v) is 3.91. The molecule has 0 radical (unpaired) electrons. The van der Waals surface area contributed by atoms with E-state index in [4.69, 9.17) is 9.47 Å². The number of carbonyl (C=O) groups excluding carboxylic acids is 1. The van der Waals surface area contributed by atoms with E-state index in [-0.39, 0.29) is 49.2 Å². The summed E-state index contributed by atoms with van der Waals surface area (Å²) in [7, 11) is 0. The van der Waals surface area contributed by atoms with Crippen molar-refractivity contribution < 1.29 is 32.4 Å².